The molecule has 0 bridgehead atoms. The molecule has 2 aliphatic rings. The van der Waals surface area contributed by atoms with Gasteiger partial charge in [0.2, 0.25) is 0 Å². The highest BCUT2D eigenvalue weighted by atomic mass is 16.5. The number of hydrogen-bond acceptors (Lipinski definition) is 4. The average molecular weight is 325 g/mol. The summed E-state index contributed by atoms with van der Waals surface area (Å²) < 4.78 is 10.2. The van der Waals surface area contributed by atoms with Crippen molar-refractivity contribution in [2.24, 2.45) is 0 Å². The Morgan fingerprint density at radius 2 is 0.909 bits per heavy atom. The number of hydrogen-bond donors (Lipinski definition) is 0. The molecular weight excluding hydrogens is 284 g/mol. The lowest BCUT2D eigenvalue weighted by molar-refractivity contribution is 0.0502. The third-order valence-electron chi connectivity index (χ3n) is 3.43. The lowest BCUT2D eigenvalue weighted by Crippen LogP contribution is -2.32. The van der Waals surface area contributed by atoms with Gasteiger partial charge in [-0.3, -0.25) is 0 Å². The summed E-state index contributed by atoms with van der Waals surface area (Å²) >= 11 is 0. The van der Waals surface area contributed by atoms with Crippen LogP contribution >= 0.6 is 0 Å². The number of morpholine rings is 2. The van der Waals surface area contributed by atoms with Crippen molar-refractivity contribution < 1.29 is 20.4 Å². The van der Waals surface area contributed by atoms with Gasteiger partial charge < -0.3 is 30.2 Å². The van der Waals surface area contributed by atoms with Crippen LogP contribution in [-0.2, 0) is 9.47 Å². The van der Waals surface area contributed by atoms with E-state index in [0.29, 0.717) is 0 Å². The molecule has 0 atom stereocenters. The fourth-order valence-electron chi connectivity index (χ4n) is 1.81. The average Bonchev–Trinajstić information content (AvgIpc) is 2.48. The maximum atomic E-state index is 5.10. The Morgan fingerprint density at radius 1 is 0.636 bits per heavy atom. The first-order valence-corrected chi connectivity index (χ1v) is 8.23. The van der Waals surface area contributed by atoms with Crippen LogP contribution < -0.4 is 0 Å². The van der Waals surface area contributed by atoms with Crippen LogP contribution in [-0.4, -0.2) is 87.5 Å². The minimum Gasteiger partial charge on any atom is -0.412 e. The van der Waals surface area contributed by atoms with Gasteiger partial charge in [-0.1, -0.05) is 39.5 Å². The van der Waals surface area contributed by atoms with Crippen molar-refractivity contribution in [2.45, 2.75) is 39.5 Å². The van der Waals surface area contributed by atoms with Crippen LogP contribution in [0.5, 0.6) is 0 Å². The van der Waals surface area contributed by atoms with Gasteiger partial charge in [0.05, 0.1) is 26.4 Å². The third-order valence-corrected chi connectivity index (χ3v) is 3.43. The smallest absolute Gasteiger partial charge is 0.0594 e. The molecule has 0 amide bonds. The first-order chi connectivity index (χ1) is 9.70. The standard InChI is InChI=1S/C6H14.2C5H11NO.2H2O/c1-3-5-6-4-2;2*1-6-2-4-7-5-3-6;;/h3-6H2,1-2H3;2*2-5H2,1H3;2*1H2. The summed E-state index contributed by atoms with van der Waals surface area (Å²) in [6.07, 6.45) is 5.54. The highest BCUT2D eigenvalue weighted by Gasteiger charge is 2.02. The quantitative estimate of drug-likeness (QED) is 0.719. The molecular formula is C16H40N2O4. The highest BCUT2D eigenvalue weighted by Crippen LogP contribution is 1.95. The van der Waals surface area contributed by atoms with Crippen molar-refractivity contribution in [3.05, 3.63) is 0 Å². The van der Waals surface area contributed by atoms with E-state index >= 15 is 0 Å². The van der Waals surface area contributed by atoms with Gasteiger partial charge in [-0.15, -0.1) is 0 Å². The number of rotatable bonds is 3. The molecule has 0 aromatic rings. The summed E-state index contributed by atoms with van der Waals surface area (Å²) in [7, 11) is 4.23. The zero-order valence-electron chi connectivity index (χ0n) is 15.2. The maximum absolute atomic E-state index is 5.10. The van der Waals surface area contributed by atoms with Gasteiger partial charge in [0.25, 0.3) is 0 Å². The predicted molar refractivity (Wildman–Crippen MR) is 93.7 cm³/mol. The monoisotopic (exact) mass is 324 g/mol. The summed E-state index contributed by atoms with van der Waals surface area (Å²) in [5, 5.41) is 0. The predicted octanol–water partition coefficient (Wildman–Crippen LogP) is 0.834. The molecule has 0 unspecified atom stereocenters. The van der Waals surface area contributed by atoms with E-state index in [1.807, 2.05) is 0 Å². The molecule has 6 nitrogen and oxygen atoms in total. The summed E-state index contributed by atoms with van der Waals surface area (Å²) in [4.78, 5) is 4.53. The van der Waals surface area contributed by atoms with E-state index in [2.05, 4.69) is 37.7 Å². The van der Waals surface area contributed by atoms with Crippen LogP contribution in [0, 0.1) is 0 Å². The van der Waals surface area contributed by atoms with Gasteiger partial charge in [-0.05, 0) is 14.1 Å². The molecule has 0 aromatic carbocycles. The lowest BCUT2D eigenvalue weighted by atomic mass is 10.2. The minimum atomic E-state index is 0. The maximum Gasteiger partial charge on any atom is 0.0594 e. The van der Waals surface area contributed by atoms with Crippen molar-refractivity contribution in [1.29, 1.82) is 0 Å². The Bertz CT molecular complexity index is 165. The zero-order chi connectivity index (χ0) is 15.1. The van der Waals surface area contributed by atoms with Crippen LogP contribution in [0.2, 0.25) is 0 Å². The van der Waals surface area contributed by atoms with E-state index in [9.17, 15) is 0 Å². The summed E-state index contributed by atoms with van der Waals surface area (Å²) in [6, 6.07) is 0. The molecule has 2 aliphatic heterocycles. The summed E-state index contributed by atoms with van der Waals surface area (Å²) in [6.45, 7) is 12.5. The Balaban J connectivity index is -0.000000237. The van der Waals surface area contributed by atoms with Gasteiger partial charge >= 0.3 is 0 Å². The number of likely N-dealkylation sites (N-methyl/N-ethyl adjacent to an activating group) is 2. The van der Waals surface area contributed by atoms with E-state index in [0.717, 1.165) is 52.6 Å². The Labute approximate surface area is 137 Å². The second-order valence-corrected chi connectivity index (χ2v) is 5.54. The molecule has 0 spiro atoms. The molecule has 0 saturated carbocycles. The fourth-order valence-corrected chi connectivity index (χ4v) is 1.81. The van der Waals surface area contributed by atoms with Crippen LogP contribution in [0.15, 0.2) is 0 Å². The topological polar surface area (TPSA) is 87.9 Å². The molecule has 0 aliphatic carbocycles. The number of unbranched alkanes of at least 4 members (excludes halogenated alkanes) is 3. The third kappa shape index (κ3) is 19.8. The highest BCUT2D eigenvalue weighted by molar-refractivity contribution is 4.54. The van der Waals surface area contributed by atoms with Crippen molar-refractivity contribution in [3.8, 4) is 0 Å². The SMILES string of the molecule is CCCCCC.CN1CCOCC1.CN1CCOCC1.O.O. The van der Waals surface area contributed by atoms with Crippen LogP contribution in [0.1, 0.15) is 39.5 Å². The van der Waals surface area contributed by atoms with Gasteiger partial charge in [0.15, 0.2) is 0 Å². The molecule has 22 heavy (non-hydrogen) atoms. The first-order valence-electron chi connectivity index (χ1n) is 8.23. The van der Waals surface area contributed by atoms with Gasteiger partial charge in [-0.25, -0.2) is 0 Å². The molecule has 2 rings (SSSR count). The van der Waals surface area contributed by atoms with Crippen LogP contribution in [0.4, 0.5) is 0 Å². The molecule has 6 heteroatoms. The fraction of sp³-hybridized carbons (Fsp3) is 1.00. The van der Waals surface area contributed by atoms with E-state index in [1.54, 1.807) is 0 Å². The van der Waals surface area contributed by atoms with E-state index < -0.39 is 0 Å². The number of ether oxygens (including phenoxy) is 2. The van der Waals surface area contributed by atoms with Crippen molar-refractivity contribution in [3.63, 3.8) is 0 Å². The Morgan fingerprint density at radius 3 is 1.05 bits per heavy atom. The molecule has 2 heterocycles. The van der Waals surface area contributed by atoms with E-state index in [-0.39, 0.29) is 11.0 Å². The van der Waals surface area contributed by atoms with Crippen molar-refractivity contribution >= 4 is 0 Å². The summed E-state index contributed by atoms with van der Waals surface area (Å²) in [5.74, 6) is 0. The summed E-state index contributed by atoms with van der Waals surface area (Å²) in [5.41, 5.74) is 0. The second kappa shape index (κ2) is 20.8. The molecule has 0 radical (unpaired) electrons. The zero-order valence-corrected chi connectivity index (χ0v) is 15.2. The van der Waals surface area contributed by atoms with E-state index in [4.69, 9.17) is 9.47 Å². The number of nitrogens with zero attached hydrogens (tertiary/aromatic N) is 2. The van der Waals surface area contributed by atoms with Crippen molar-refractivity contribution in [1.82, 2.24) is 9.80 Å². The molecule has 4 N–H and O–H groups in total. The van der Waals surface area contributed by atoms with Gasteiger partial charge in [0, 0.05) is 26.2 Å². The molecule has 2 fully saturated rings. The Hall–Kier alpha value is -0.240. The molecule has 0 aromatic heterocycles. The van der Waals surface area contributed by atoms with E-state index in [1.165, 1.54) is 25.7 Å². The van der Waals surface area contributed by atoms with Crippen LogP contribution in [0.25, 0.3) is 0 Å². The second-order valence-electron chi connectivity index (χ2n) is 5.54. The minimum absolute atomic E-state index is 0. The van der Waals surface area contributed by atoms with Crippen molar-refractivity contribution in [2.75, 3.05) is 66.7 Å². The molecule has 138 valence electrons. The molecule has 2 saturated heterocycles. The Kier molecular flexibility index (Phi) is 25.1. The first kappa shape index (κ1) is 26.6. The van der Waals surface area contributed by atoms with Crippen LogP contribution in [0.3, 0.4) is 0 Å². The lowest BCUT2D eigenvalue weighted by Gasteiger charge is -2.21. The van der Waals surface area contributed by atoms with Gasteiger partial charge in [0.1, 0.15) is 0 Å². The normalized spacial score (nSPS) is 18.5. The largest absolute Gasteiger partial charge is 0.412 e. The van der Waals surface area contributed by atoms with Gasteiger partial charge in [-0.2, -0.15) is 0 Å².